The number of hydrazone groups is 1. The summed E-state index contributed by atoms with van der Waals surface area (Å²) in [6.07, 6.45) is 1.28. The lowest BCUT2D eigenvalue weighted by atomic mass is 10.4. The Morgan fingerprint density at radius 3 is 2.32 bits per heavy atom. The van der Waals surface area contributed by atoms with E-state index in [1.54, 1.807) is 6.07 Å². The minimum Gasteiger partial charge on any atom is -0.272 e. The van der Waals surface area contributed by atoms with Crippen LogP contribution in [0.2, 0.25) is 0 Å². The highest BCUT2D eigenvalue weighted by molar-refractivity contribution is 7.13. The Morgan fingerprint density at radius 1 is 1.16 bits per heavy atom. The quantitative estimate of drug-likeness (QED) is 0.407. The van der Waals surface area contributed by atoms with Crippen LogP contribution in [0.3, 0.4) is 0 Å². The molecule has 3 nitrogen and oxygen atoms in total. The molecule has 100 valence electrons. The number of thiophene rings is 1. The van der Waals surface area contributed by atoms with Gasteiger partial charge in [0.2, 0.25) is 11.6 Å². The fourth-order valence-corrected chi connectivity index (χ4v) is 2.02. The number of rotatable bonds is 3. The van der Waals surface area contributed by atoms with Crippen LogP contribution in [0.1, 0.15) is 9.75 Å². The third-order valence-electron chi connectivity index (χ3n) is 2.13. The summed E-state index contributed by atoms with van der Waals surface area (Å²) < 4.78 is 52.0. The molecule has 2 aromatic rings. The van der Waals surface area contributed by atoms with Gasteiger partial charge in [0.05, 0.1) is 6.21 Å². The number of aromatic nitrogens is 1. The number of hydrogen-bond acceptors (Lipinski definition) is 4. The number of nitrogens with one attached hydrogen (secondary N) is 1. The van der Waals surface area contributed by atoms with E-state index in [4.69, 9.17) is 0 Å². The van der Waals surface area contributed by atoms with Crippen molar-refractivity contribution in [1.29, 1.82) is 0 Å². The molecule has 0 saturated heterocycles. The van der Waals surface area contributed by atoms with E-state index in [1.807, 2.05) is 18.4 Å². The van der Waals surface area contributed by atoms with Gasteiger partial charge in [0.1, 0.15) is 5.69 Å². The molecule has 0 aromatic carbocycles. The van der Waals surface area contributed by atoms with Crippen molar-refractivity contribution in [1.82, 2.24) is 4.98 Å². The molecule has 0 atom stereocenters. The summed E-state index contributed by atoms with van der Waals surface area (Å²) in [5.41, 5.74) is 0.908. The van der Waals surface area contributed by atoms with Gasteiger partial charge in [0.25, 0.3) is 11.9 Å². The molecule has 2 aromatic heterocycles. The van der Waals surface area contributed by atoms with Crippen LogP contribution in [0.4, 0.5) is 23.2 Å². The zero-order valence-corrected chi connectivity index (χ0v) is 10.4. The first kappa shape index (κ1) is 13.5. The lowest BCUT2D eigenvalue weighted by molar-refractivity contribution is 0.411. The van der Waals surface area contributed by atoms with Crippen LogP contribution >= 0.6 is 11.3 Å². The first-order chi connectivity index (χ1) is 8.99. The van der Waals surface area contributed by atoms with E-state index in [0.717, 1.165) is 9.75 Å². The molecule has 1 N–H and O–H groups in total. The molecule has 0 spiro atoms. The summed E-state index contributed by atoms with van der Waals surface area (Å²) in [6.45, 7) is 1.88. The summed E-state index contributed by atoms with van der Waals surface area (Å²) in [6, 6.07) is 3.57. The normalized spacial score (nSPS) is 11.2. The van der Waals surface area contributed by atoms with Crippen LogP contribution in [-0.4, -0.2) is 11.2 Å². The van der Waals surface area contributed by atoms with E-state index in [2.05, 4.69) is 10.1 Å². The second kappa shape index (κ2) is 5.35. The van der Waals surface area contributed by atoms with Crippen molar-refractivity contribution in [3.05, 3.63) is 45.4 Å². The fourth-order valence-electron chi connectivity index (χ4n) is 1.27. The summed E-state index contributed by atoms with van der Waals surface area (Å²) in [5, 5.41) is 3.52. The summed E-state index contributed by atoms with van der Waals surface area (Å²) in [4.78, 5) is 4.18. The average molecular weight is 289 g/mol. The molecule has 2 rings (SSSR count). The van der Waals surface area contributed by atoms with Crippen molar-refractivity contribution in [2.75, 3.05) is 5.43 Å². The van der Waals surface area contributed by atoms with E-state index in [-0.39, 0.29) is 0 Å². The van der Waals surface area contributed by atoms with E-state index >= 15 is 0 Å². The molecular formula is C11H7F4N3S. The monoisotopic (exact) mass is 289 g/mol. The predicted octanol–water partition coefficient (Wildman–Crippen LogP) is 3.45. The van der Waals surface area contributed by atoms with E-state index in [1.165, 1.54) is 17.6 Å². The van der Waals surface area contributed by atoms with E-state index in [9.17, 15) is 17.6 Å². The van der Waals surface area contributed by atoms with Crippen molar-refractivity contribution in [3.8, 4) is 0 Å². The van der Waals surface area contributed by atoms with Crippen LogP contribution < -0.4 is 5.43 Å². The van der Waals surface area contributed by atoms with E-state index in [0.29, 0.717) is 0 Å². The van der Waals surface area contributed by atoms with Gasteiger partial charge in [0, 0.05) is 9.75 Å². The van der Waals surface area contributed by atoms with Gasteiger partial charge in [-0.05, 0) is 19.1 Å². The van der Waals surface area contributed by atoms with Gasteiger partial charge in [-0.1, -0.05) is 0 Å². The van der Waals surface area contributed by atoms with Crippen LogP contribution in [0, 0.1) is 30.5 Å². The molecular weight excluding hydrogens is 282 g/mol. The second-order valence-corrected chi connectivity index (χ2v) is 4.83. The van der Waals surface area contributed by atoms with Gasteiger partial charge in [0.15, 0.2) is 0 Å². The molecule has 0 bridgehead atoms. The highest BCUT2D eigenvalue weighted by Gasteiger charge is 2.20. The van der Waals surface area contributed by atoms with Gasteiger partial charge in [-0.3, -0.25) is 5.43 Å². The summed E-state index contributed by atoms with van der Waals surface area (Å²) in [5.74, 6) is -6.72. The van der Waals surface area contributed by atoms with Crippen LogP contribution in [-0.2, 0) is 0 Å². The molecule has 8 heteroatoms. The van der Waals surface area contributed by atoms with Crippen LogP contribution in [0.25, 0.3) is 0 Å². The highest BCUT2D eigenvalue weighted by Crippen LogP contribution is 2.22. The Bertz CT molecular complexity index is 613. The molecule has 0 aliphatic heterocycles. The molecule has 0 aliphatic rings. The average Bonchev–Trinajstić information content (AvgIpc) is 2.77. The Hall–Kier alpha value is -1.96. The Balaban J connectivity index is 2.22. The Kier molecular flexibility index (Phi) is 3.79. The van der Waals surface area contributed by atoms with Gasteiger partial charge in [-0.25, -0.2) is 0 Å². The highest BCUT2D eigenvalue weighted by atomic mass is 32.1. The van der Waals surface area contributed by atoms with Gasteiger partial charge >= 0.3 is 0 Å². The molecule has 2 heterocycles. The Labute approximate surface area is 109 Å². The van der Waals surface area contributed by atoms with Crippen molar-refractivity contribution in [2.45, 2.75) is 6.92 Å². The number of pyridine rings is 1. The van der Waals surface area contributed by atoms with Gasteiger partial charge in [-0.15, -0.1) is 11.3 Å². The maximum absolute atomic E-state index is 13.2. The van der Waals surface area contributed by atoms with Crippen LogP contribution in [0.15, 0.2) is 17.2 Å². The number of nitrogens with zero attached hydrogens (tertiary/aromatic N) is 2. The predicted molar refractivity (Wildman–Crippen MR) is 64.3 cm³/mol. The third-order valence-corrected chi connectivity index (χ3v) is 3.06. The van der Waals surface area contributed by atoms with Crippen molar-refractivity contribution in [3.63, 3.8) is 0 Å². The van der Waals surface area contributed by atoms with Crippen molar-refractivity contribution < 1.29 is 17.6 Å². The molecule has 0 radical (unpaired) electrons. The lowest BCUT2D eigenvalue weighted by Gasteiger charge is -2.04. The maximum atomic E-state index is 13.2. The number of hydrogen-bond donors (Lipinski definition) is 1. The summed E-state index contributed by atoms with van der Waals surface area (Å²) in [7, 11) is 0. The number of aryl methyl sites for hydroxylation is 1. The van der Waals surface area contributed by atoms with E-state index < -0.39 is 29.2 Å². The minimum absolute atomic E-state index is 0.723. The maximum Gasteiger partial charge on any atom is 0.254 e. The SMILES string of the molecule is Cc1ccc(/C=N\Nc2c(F)c(F)nc(F)c2F)s1. The largest absolute Gasteiger partial charge is 0.272 e. The topological polar surface area (TPSA) is 37.3 Å². The zero-order chi connectivity index (χ0) is 14.0. The smallest absolute Gasteiger partial charge is 0.254 e. The molecule has 0 unspecified atom stereocenters. The van der Waals surface area contributed by atoms with Crippen molar-refractivity contribution >= 4 is 23.2 Å². The van der Waals surface area contributed by atoms with Gasteiger partial charge in [-0.2, -0.15) is 27.6 Å². The first-order valence-corrected chi connectivity index (χ1v) is 5.86. The standard InChI is InChI=1S/C11H7F4N3S/c1-5-2-3-6(19-5)4-16-18-9-7(12)10(14)17-11(15)8(9)13/h2-4H,1H3,(H,17,18)/b16-4-. The lowest BCUT2D eigenvalue weighted by Crippen LogP contribution is -2.05. The molecule has 0 aliphatic carbocycles. The Morgan fingerprint density at radius 2 is 1.79 bits per heavy atom. The van der Waals surface area contributed by atoms with Gasteiger partial charge < -0.3 is 0 Å². The van der Waals surface area contributed by atoms with Crippen LogP contribution in [0.5, 0.6) is 0 Å². The molecule has 0 saturated carbocycles. The third kappa shape index (κ3) is 2.90. The number of anilines is 1. The summed E-state index contributed by atoms with van der Waals surface area (Å²) >= 11 is 1.40. The second-order valence-electron chi connectivity index (χ2n) is 3.51. The first-order valence-electron chi connectivity index (χ1n) is 5.04. The fraction of sp³-hybridized carbons (Fsp3) is 0.0909. The van der Waals surface area contributed by atoms with Crippen molar-refractivity contribution in [2.24, 2.45) is 5.10 Å². The zero-order valence-electron chi connectivity index (χ0n) is 9.55. The molecule has 0 amide bonds. The minimum atomic E-state index is -1.73. The molecule has 19 heavy (non-hydrogen) atoms. The number of halogens is 4. The molecule has 0 fully saturated rings.